The predicted octanol–water partition coefficient (Wildman–Crippen LogP) is 0.488. The van der Waals surface area contributed by atoms with Gasteiger partial charge in [0.1, 0.15) is 12.2 Å². The number of aromatic amines is 1. The Morgan fingerprint density at radius 1 is 1.29 bits per heavy atom. The molecule has 8 nitrogen and oxygen atoms in total. The van der Waals surface area contributed by atoms with Crippen LogP contribution in [0, 0.1) is 0 Å². The standard InChI is InChI=1S/C16H23N7O/c1-21-14(17-11-18-21)10-22-7-4-12(9-22)13-8-15(24)20-16(19-13)23-5-2-3-6-23/h8,11-12H,2-7,9-10H2,1H3,(H,19,20,24). The zero-order chi connectivity index (χ0) is 16.5. The first-order chi connectivity index (χ1) is 11.7. The van der Waals surface area contributed by atoms with Crippen LogP contribution in [0.1, 0.15) is 36.7 Å². The Morgan fingerprint density at radius 2 is 2.12 bits per heavy atom. The van der Waals surface area contributed by atoms with E-state index in [1.54, 1.807) is 12.4 Å². The molecule has 128 valence electrons. The zero-order valence-electron chi connectivity index (χ0n) is 14.0. The molecule has 4 heterocycles. The molecule has 0 aromatic carbocycles. The molecule has 2 saturated heterocycles. The molecule has 2 aliphatic heterocycles. The van der Waals surface area contributed by atoms with Crippen LogP contribution in [0.5, 0.6) is 0 Å². The van der Waals surface area contributed by atoms with Gasteiger partial charge >= 0.3 is 0 Å². The minimum Gasteiger partial charge on any atom is -0.342 e. The van der Waals surface area contributed by atoms with Gasteiger partial charge < -0.3 is 4.90 Å². The second-order valence-corrected chi connectivity index (χ2v) is 6.71. The number of H-pyrrole nitrogens is 1. The van der Waals surface area contributed by atoms with Gasteiger partial charge in [0, 0.05) is 38.7 Å². The van der Waals surface area contributed by atoms with Crippen molar-refractivity contribution in [1.82, 2.24) is 29.6 Å². The van der Waals surface area contributed by atoms with Crippen LogP contribution in [0.15, 0.2) is 17.2 Å². The van der Waals surface area contributed by atoms with E-state index >= 15 is 0 Å². The molecular formula is C16H23N7O. The summed E-state index contributed by atoms with van der Waals surface area (Å²) in [5.74, 6) is 2.01. The fourth-order valence-corrected chi connectivity index (χ4v) is 3.63. The van der Waals surface area contributed by atoms with Gasteiger partial charge in [-0.3, -0.25) is 19.4 Å². The number of rotatable bonds is 4. The van der Waals surface area contributed by atoms with Crippen LogP contribution in [-0.2, 0) is 13.6 Å². The molecule has 4 rings (SSSR count). The SMILES string of the molecule is Cn1ncnc1CN1CCC(c2cc(=O)[nH]c(N3CCCC3)n2)C1. The van der Waals surface area contributed by atoms with E-state index in [0.717, 1.165) is 56.6 Å². The van der Waals surface area contributed by atoms with Crippen LogP contribution in [0.4, 0.5) is 5.95 Å². The molecule has 24 heavy (non-hydrogen) atoms. The van der Waals surface area contributed by atoms with E-state index in [1.807, 2.05) is 11.7 Å². The third kappa shape index (κ3) is 3.06. The average Bonchev–Trinajstić information content (AvgIpc) is 3.30. The van der Waals surface area contributed by atoms with Gasteiger partial charge in [0.15, 0.2) is 0 Å². The minimum atomic E-state index is -0.0475. The summed E-state index contributed by atoms with van der Waals surface area (Å²) >= 11 is 0. The van der Waals surface area contributed by atoms with Crippen molar-refractivity contribution in [3.63, 3.8) is 0 Å². The van der Waals surface area contributed by atoms with E-state index in [-0.39, 0.29) is 5.56 Å². The number of aryl methyl sites for hydroxylation is 1. The molecule has 2 aliphatic rings. The number of aromatic nitrogens is 5. The maximum atomic E-state index is 12.0. The van der Waals surface area contributed by atoms with Crippen molar-refractivity contribution in [1.29, 1.82) is 0 Å². The van der Waals surface area contributed by atoms with E-state index in [1.165, 1.54) is 12.8 Å². The summed E-state index contributed by atoms with van der Waals surface area (Å²) in [5, 5.41) is 4.12. The lowest BCUT2D eigenvalue weighted by atomic mass is 10.1. The van der Waals surface area contributed by atoms with Gasteiger partial charge in [-0.1, -0.05) is 0 Å². The van der Waals surface area contributed by atoms with Crippen LogP contribution in [0.25, 0.3) is 0 Å². The molecule has 0 aliphatic carbocycles. The quantitative estimate of drug-likeness (QED) is 0.879. The Morgan fingerprint density at radius 3 is 2.88 bits per heavy atom. The van der Waals surface area contributed by atoms with Crippen LogP contribution in [-0.4, -0.2) is 55.8 Å². The lowest BCUT2D eigenvalue weighted by Gasteiger charge is -2.18. The predicted molar refractivity (Wildman–Crippen MR) is 89.9 cm³/mol. The summed E-state index contributed by atoms with van der Waals surface area (Å²) in [5.41, 5.74) is 0.870. The second-order valence-electron chi connectivity index (χ2n) is 6.71. The summed E-state index contributed by atoms with van der Waals surface area (Å²) in [4.78, 5) is 28.5. The third-order valence-electron chi connectivity index (χ3n) is 5.02. The Hall–Kier alpha value is -2.22. The molecule has 2 aromatic rings. The van der Waals surface area contributed by atoms with Crippen LogP contribution in [0.2, 0.25) is 0 Å². The fraction of sp³-hybridized carbons (Fsp3) is 0.625. The van der Waals surface area contributed by atoms with Crippen LogP contribution < -0.4 is 10.5 Å². The van der Waals surface area contributed by atoms with E-state index in [4.69, 9.17) is 4.98 Å². The first-order valence-corrected chi connectivity index (χ1v) is 8.60. The highest BCUT2D eigenvalue weighted by atomic mass is 16.1. The molecule has 0 spiro atoms. The zero-order valence-corrected chi connectivity index (χ0v) is 14.0. The molecular weight excluding hydrogens is 306 g/mol. The highest BCUT2D eigenvalue weighted by Gasteiger charge is 2.27. The fourth-order valence-electron chi connectivity index (χ4n) is 3.63. The molecule has 0 amide bonds. The van der Waals surface area contributed by atoms with Crippen molar-refractivity contribution in [3.05, 3.63) is 34.3 Å². The number of likely N-dealkylation sites (tertiary alicyclic amines) is 1. The Balaban J connectivity index is 1.48. The number of hydrogen-bond donors (Lipinski definition) is 1. The maximum absolute atomic E-state index is 12.0. The Labute approximate surface area is 140 Å². The Bertz CT molecular complexity index is 762. The van der Waals surface area contributed by atoms with Crippen molar-refractivity contribution in [2.75, 3.05) is 31.1 Å². The molecule has 1 unspecified atom stereocenters. The van der Waals surface area contributed by atoms with Crippen molar-refractivity contribution in [2.45, 2.75) is 31.7 Å². The van der Waals surface area contributed by atoms with E-state index in [2.05, 4.69) is 24.9 Å². The lowest BCUT2D eigenvalue weighted by molar-refractivity contribution is 0.312. The topological polar surface area (TPSA) is 82.9 Å². The van der Waals surface area contributed by atoms with Crippen molar-refractivity contribution in [3.8, 4) is 0 Å². The molecule has 0 bridgehead atoms. The van der Waals surface area contributed by atoms with Gasteiger partial charge in [-0.05, 0) is 25.8 Å². The normalized spacial score (nSPS) is 21.7. The number of nitrogens with one attached hydrogen (secondary N) is 1. The average molecular weight is 329 g/mol. The molecule has 2 aromatic heterocycles. The smallest absolute Gasteiger partial charge is 0.252 e. The van der Waals surface area contributed by atoms with Crippen molar-refractivity contribution < 1.29 is 0 Å². The van der Waals surface area contributed by atoms with Crippen molar-refractivity contribution in [2.24, 2.45) is 7.05 Å². The summed E-state index contributed by atoms with van der Waals surface area (Å²) < 4.78 is 1.81. The van der Waals surface area contributed by atoms with Gasteiger partial charge in [-0.2, -0.15) is 5.10 Å². The number of anilines is 1. The van der Waals surface area contributed by atoms with Crippen LogP contribution in [0.3, 0.4) is 0 Å². The summed E-state index contributed by atoms with van der Waals surface area (Å²) in [6, 6.07) is 1.66. The Kier molecular flexibility index (Phi) is 4.05. The van der Waals surface area contributed by atoms with E-state index in [0.29, 0.717) is 5.92 Å². The summed E-state index contributed by atoms with van der Waals surface area (Å²) in [7, 11) is 1.91. The lowest BCUT2D eigenvalue weighted by Crippen LogP contribution is -2.26. The van der Waals surface area contributed by atoms with E-state index in [9.17, 15) is 4.79 Å². The molecule has 0 saturated carbocycles. The maximum Gasteiger partial charge on any atom is 0.252 e. The summed E-state index contributed by atoms with van der Waals surface area (Å²) in [6.07, 6.45) is 4.95. The molecule has 1 N–H and O–H groups in total. The highest BCUT2D eigenvalue weighted by molar-refractivity contribution is 5.32. The molecule has 1 atom stereocenters. The monoisotopic (exact) mass is 329 g/mol. The van der Waals surface area contributed by atoms with Gasteiger partial charge in [0.25, 0.3) is 5.56 Å². The molecule has 8 heteroatoms. The largest absolute Gasteiger partial charge is 0.342 e. The molecule has 0 radical (unpaired) electrons. The first kappa shape index (κ1) is 15.3. The third-order valence-corrected chi connectivity index (χ3v) is 5.02. The molecule has 2 fully saturated rings. The van der Waals surface area contributed by atoms with Crippen molar-refractivity contribution >= 4 is 5.95 Å². The van der Waals surface area contributed by atoms with Gasteiger partial charge in [-0.15, -0.1) is 0 Å². The number of nitrogens with zero attached hydrogens (tertiary/aromatic N) is 6. The van der Waals surface area contributed by atoms with E-state index < -0.39 is 0 Å². The summed E-state index contributed by atoms with van der Waals surface area (Å²) in [6.45, 7) is 4.65. The van der Waals surface area contributed by atoms with Gasteiger partial charge in [0.2, 0.25) is 5.95 Å². The minimum absolute atomic E-state index is 0.0475. The van der Waals surface area contributed by atoms with Gasteiger partial charge in [-0.25, -0.2) is 9.97 Å². The van der Waals surface area contributed by atoms with Crippen LogP contribution >= 0.6 is 0 Å². The van der Waals surface area contributed by atoms with Gasteiger partial charge in [0.05, 0.1) is 12.2 Å². The second kappa shape index (κ2) is 6.35. The highest BCUT2D eigenvalue weighted by Crippen LogP contribution is 2.27. The first-order valence-electron chi connectivity index (χ1n) is 8.60. The number of hydrogen-bond acceptors (Lipinski definition) is 6.